The normalized spacial score (nSPS) is 12.8. The number of hydrogen-bond donors (Lipinski definition) is 1. The summed E-state index contributed by atoms with van der Waals surface area (Å²) in [5.41, 5.74) is 7.22. The van der Waals surface area contributed by atoms with E-state index in [9.17, 15) is 0 Å². The molecule has 0 aromatic heterocycles. The van der Waals surface area contributed by atoms with Gasteiger partial charge in [-0.1, -0.05) is 6.92 Å². The van der Waals surface area contributed by atoms with Crippen molar-refractivity contribution < 1.29 is 4.74 Å². The van der Waals surface area contributed by atoms with Gasteiger partial charge in [-0.2, -0.15) is 0 Å². The number of halogens is 2. The zero-order valence-electron chi connectivity index (χ0n) is 12.5. The highest BCUT2D eigenvalue weighted by atomic mass is 79.9. The molecule has 0 amide bonds. The molecule has 0 heterocycles. The van der Waals surface area contributed by atoms with E-state index in [2.05, 4.69) is 69.9 Å². The lowest BCUT2D eigenvalue weighted by Gasteiger charge is -2.15. The Morgan fingerprint density at radius 1 is 1.25 bits per heavy atom. The van der Waals surface area contributed by atoms with Crippen molar-refractivity contribution in [3.8, 4) is 5.75 Å². The predicted molar refractivity (Wildman–Crippen MR) is 92.5 cm³/mol. The average molecular weight is 408 g/mol. The highest BCUT2D eigenvalue weighted by molar-refractivity contribution is 9.11. The SMILES string of the molecule is CCC(N)Cc1cc(Br)c(OCCCN(C)C)c(Br)c1. The second-order valence-electron chi connectivity index (χ2n) is 5.27. The van der Waals surface area contributed by atoms with Crippen molar-refractivity contribution in [2.45, 2.75) is 32.2 Å². The van der Waals surface area contributed by atoms with E-state index in [1.54, 1.807) is 0 Å². The Bertz CT molecular complexity index is 401. The van der Waals surface area contributed by atoms with Gasteiger partial charge in [0, 0.05) is 12.6 Å². The van der Waals surface area contributed by atoms with Crippen LogP contribution in [0.3, 0.4) is 0 Å². The highest BCUT2D eigenvalue weighted by Crippen LogP contribution is 2.35. The fourth-order valence-electron chi connectivity index (χ4n) is 1.87. The maximum absolute atomic E-state index is 6.00. The van der Waals surface area contributed by atoms with Crippen LogP contribution in [0.2, 0.25) is 0 Å². The fraction of sp³-hybridized carbons (Fsp3) is 0.600. The van der Waals surface area contributed by atoms with E-state index in [0.717, 1.165) is 40.5 Å². The summed E-state index contributed by atoms with van der Waals surface area (Å²) in [6.07, 6.45) is 2.88. The minimum atomic E-state index is 0.209. The first kappa shape index (κ1) is 18.0. The van der Waals surface area contributed by atoms with Crippen molar-refractivity contribution in [3.63, 3.8) is 0 Å². The molecule has 1 aromatic rings. The molecule has 0 bridgehead atoms. The third-order valence-corrected chi connectivity index (χ3v) is 4.25. The molecule has 1 aromatic carbocycles. The van der Waals surface area contributed by atoms with Crippen LogP contribution in [0.15, 0.2) is 21.1 Å². The Morgan fingerprint density at radius 3 is 2.35 bits per heavy atom. The number of benzene rings is 1. The van der Waals surface area contributed by atoms with E-state index in [4.69, 9.17) is 10.5 Å². The number of hydrogen-bond acceptors (Lipinski definition) is 3. The third kappa shape index (κ3) is 6.12. The molecule has 1 unspecified atom stereocenters. The summed E-state index contributed by atoms with van der Waals surface area (Å²) in [4.78, 5) is 2.16. The average Bonchev–Trinajstić information content (AvgIpc) is 2.36. The molecule has 0 aliphatic heterocycles. The monoisotopic (exact) mass is 406 g/mol. The molecule has 114 valence electrons. The molecular weight excluding hydrogens is 384 g/mol. The Labute approximate surface area is 139 Å². The van der Waals surface area contributed by atoms with Gasteiger partial charge in [-0.15, -0.1) is 0 Å². The second kappa shape index (κ2) is 9.03. The van der Waals surface area contributed by atoms with Crippen LogP contribution in [-0.4, -0.2) is 38.2 Å². The molecule has 0 aliphatic rings. The van der Waals surface area contributed by atoms with Gasteiger partial charge in [-0.05, 0) is 82.9 Å². The number of nitrogens with two attached hydrogens (primary N) is 1. The van der Waals surface area contributed by atoms with Gasteiger partial charge in [0.2, 0.25) is 0 Å². The molecule has 3 nitrogen and oxygen atoms in total. The van der Waals surface area contributed by atoms with Gasteiger partial charge in [0.15, 0.2) is 0 Å². The molecule has 0 radical (unpaired) electrons. The summed E-state index contributed by atoms with van der Waals surface area (Å²) in [7, 11) is 4.13. The Hall–Kier alpha value is -0.100. The zero-order chi connectivity index (χ0) is 15.1. The molecule has 5 heteroatoms. The standard InChI is InChI=1S/C15H24Br2N2O/c1-4-12(18)8-11-9-13(16)15(14(17)10-11)20-7-5-6-19(2)3/h9-10,12H,4-8,18H2,1-3H3. The Morgan fingerprint density at radius 2 is 1.85 bits per heavy atom. The first-order chi connectivity index (χ1) is 9.43. The summed E-state index contributed by atoms with van der Waals surface area (Å²) in [6.45, 7) is 3.85. The van der Waals surface area contributed by atoms with Gasteiger partial charge in [0.05, 0.1) is 15.6 Å². The predicted octanol–water partition coefficient (Wildman–Crippen LogP) is 3.82. The Kier molecular flexibility index (Phi) is 8.10. The topological polar surface area (TPSA) is 38.5 Å². The summed E-state index contributed by atoms with van der Waals surface area (Å²) in [5, 5.41) is 0. The van der Waals surface area contributed by atoms with Gasteiger partial charge in [0.1, 0.15) is 5.75 Å². The lowest BCUT2D eigenvalue weighted by Crippen LogP contribution is -2.21. The van der Waals surface area contributed by atoms with E-state index in [1.165, 1.54) is 5.56 Å². The van der Waals surface area contributed by atoms with E-state index >= 15 is 0 Å². The van der Waals surface area contributed by atoms with E-state index < -0.39 is 0 Å². The van der Waals surface area contributed by atoms with Crippen molar-refractivity contribution in [2.75, 3.05) is 27.2 Å². The molecule has 0 aliphatic carbocycles. The molecule has 0 saturated carbocycles. The quantitative estimate of drug-likeness (QED) is 0.665. The van der Waals surface area contributed by atoms with Crippen molar-refractivity contribution in [1.29, 1.82) is 0 Å². The van der Waals surface area contributed by atoms with Crippen LogP contribution in [0.5, 0.6) is 5.75 Å². The number of nitrogens with zero attached hydrogens (tertiary/aromatic N) is 1. The highest BCUT2D eigenvalue weighted by Gasteiger charge is 2.11. The lowest BCUT2D eigenvalue weighted by atomic mass is 10.0. The largest absolute Gasteiger partial charge is 0.491 e. The van der Waals surface area contributed by atoms with Crippen molar-refractivity contribution in [1.82, 2.24) is 4.90 Å². The molecule has 0 saturated heterocycles. The van der Waals surface area contributed by atoms with Gasteiger partial charge < -0.3 is 15.4 Å². The summed E-state index contributed by atoms with van der Waals surface area (Å²) >= 11 is 7.17. The first-order valence-corrected chi connectivity index (χ1v) is 8.53. The van der Waals surface area contributed by atoms with Gasteiger partial charge in [0.25, 0.3) is 0 Å². The minimum Gasteiger partial charge on any atom is -0.491 e. The van der Waals surface area contributed by atoms with E-state index in [0.29, 0.717) is 6.61 Å². The Balaban J connectivity index is 2.64. The van der Waals surface area contributed by atoms with Crippen LogP contribution in [0.25, 0.3) is 0 Å². The maximum atomic E-state index is 6.00. The van der Waals surface area contributed by atoms with Crippen LogP contribution < -0.4 is 10.5 Å². The number of rotatable bonds is 8. The third-order valence-electron chi connectivity index (χ3n) is 3.08. The fourth-order valence-corrected chi connectivity index (χ4v) is 3.38. The smallest absolute Gasteiger partial charge is 0.147 e. The van der Waals surface area contributed by atoms with Crippen LogP contribution in [-0.2, 0) is 6.42 Å². The van der Waals surface area contributed by atoms with Crippen LogP contribution in [0.1, 0.15) is 25.3 Å². The van der Waals surface area contributed by atoms with E-state index in [1.807, 2.05) is 0 Å². The molecule has 0 spiro atoms. The summed E-state index contributed by atoms with van der Waals surface area (Å²) in [6, 6.07) is 4.41. The lowest BCUT2D eigenvalue weighted by molar-refractivity contribution is 0.279. The van der Waals surface area contributed by atoms with Crippen LogP contribution >= 0.6 is 31.9 Å². The number of ether oxygens (including phenoxy) is 1. The molecule has 20 heavy (non-hydrogen) atoms. The first-order valence-electron chi connectivity index (χ1n) is 6.95. The van der Waals surface area contributed by atoms with Gasteiger partial charge >= 0.3 is 0 Å². The molecule has 0 fully saturated rings. The molecular formula is C15H24Br2N2O. The summed E-state index contributed by atoms with van der Waals surface area (Å²) < 4.78 is 7.82. The van der Waals surface area contributed by atoms with E-state index in [-0.39, 0.29) is 6.04 Å². The summed E-state index contributed by atoms with van der Waals surface area (Å²) in [5.74, 6) is 0.873. The molecule has 1 atom stereocenters. The van der Waals surface area contributed by atoms with Crippen molar-refractivity contribution >= 4 is 31.9 Å². The molecule has 1 rings (SSSR count). The maximum Gasteiger partial charge on any atom is 0.147 e. The van der Waals surface area contributed by atoms with Gasteiger partial charge in [-0.25, -0.2) is 0 Å². The minimum absolute atomic E-state index is 0.209. The van der Waals surface area contributed by atoms with Crippen molar-refractivity contribution in [2.24, 2.45) is 5.73 Å². The van der Waals surface area contributed by atoms with Crippen molar-refractivity contribution in [3.05, 3.63) is 26.6 Å². The van der Waals surface area contributed by atoms with Gasteiger partial charge in [-0.3, -0.25) is 0 Å². The molecule has 2 N–H and O–H groups in total. The van der Waals surface area contributed by atoms with Crippen LogP contribution in [0, 0.1) is 0 Å². The second-order valence-corrected chi connectivity index (χ2v) is 6.98. The zero-order valence-corrected chi connectivity index (χ0v) is 15.6. The van der Waals surface area contributed by atoms with Crippen LogP contribution in [0.4, 0.5) is 0 Å².